The number of hydrogen-bond donors (Lipinski definition) is 1. The summed E-state index contributed by atoms with van der Waals surface area (Å²) in [7, 11) is 4.07. The molecule has 0 spiro atoms. The lowest BCUT2D eigenvalue weighted by molar-refractivity contribution is 0.424. The van der Waals surface area contributed by atoms with Gasteiger partial charge in [-0.2, -0.15) is 0 Å². The van der Waals surface area contributed by atoms with Gasteiger partial charge in [0, 0.05) is 25.4 Å². The van der Waals surface area contributed by atoms with Gasteiger partial charge in [-0.05, 0) is 32.5 Å². The number of anilines is 1. The predicted octanol–water partition coefficient (Wildman–Crippen LogP) is 3.14. The molecule has 3 rings (SSSR count). The van der Waals surface area contributed by atoms with Gasteiger partial charge in [0.05, 0.1) is 21.8 Å². The summed E-state index contributed by atoms with van der Waals surface area (Å²) >= 11 is 1.64. The molecule has 0 saturated carbocycles. The number of rotatable bonds is 6. The summed E-state index contributed by atoms with van der Waals surface area (Å²) in [6.07, 6.45) is 1.79. The standard InChI is InChI=1S/C16H19N5OS/c1-11-9-13(22-20-11)12-10-18-16(17-6-7-21(2)3)19-15(12)14-5-4-8-23-14/h4-5,8-10H,6-7H2,1-3H3,(H,17,18,19). The van der Waals surface area contributed by atoms with E-state index in [1.807, 2.05) is 44.6 Å². The molecule has 3 aromatic rings. The second-order valence-corrected chi connectivity index (χ2v) is 6.44. The molecule has 0 aliphatic rings. The molecule has 23 heavy (non-hydrogen) atoms. The predicted molar refractivity (Wildman–Crippen MR) is 92.6 cm³/mol. The van der Waals surface area contributed by atoms with Crippen LogP contribution in [0.25, 0.3) is 21.9 Å². The van der Waals surface area contributed by atoms with E-state index in [1.54, 1.807) is 17.5 Å². The minimum absolute atomic E-state index is 0.621. The van der Waals surface area contributed by atoms with Crippen molar-refractivity contribution >= 4 is 17.3 Å². The Labute approximate surface area is 139 Å². The van der Waals surface area contributed by atoms with Crippen molar-refractivity contribution in [3.8, 4) is 21.9 Å². The molecule has 0 saturated heterocycles. The van der Waals surface area contributed by atoms with Gasteiger partial charge in [-0.15, -0.1) is 11.3 Å². The molecule has 0 atom stereocenters. The number of aryl methyl sites for hydroxylation is 1. The number of nitrogens with one attached hydrogen (secondary N) is 1. The molecule has 6 nitrogen and oxygen atoms in total. The first kappa shape index (κ1) is 15.6. The van der Waals surface area contributed by atoms with Crippen LogP contribution in [0, 0.1) is 6.92 Å². The van der Waals surface area contributed by atoms with E-state index in [1.165, 1.54) is 0 Å². The van der Waals surface area contributed by atoms with Crippen molar-refractivity contribution in [2.45, 2.75) is 6.92 Å². The van der Waals surface area contributed by atoms with Crippen LogP contribution in [0.3, 0.4) is 0 Å². The van der Waals surface area contributed by atoms with Crippen LogP contribution in [-0.2, 0) is 0 Å². The van der Waals surface area contributed by atoms with Crippen LogP contribution < -0.4 is 5.32 Å². The summed E-state index contributed by atoms with van der Waals surface area (Å²) in [4.78, 5) is 12.3. The molecule has 0 amide bonds. The lowest BCUT2D eigenvalue weighted by Crippen LogP contribution is -2.21. The van der Waals surface area contributed by atoms with Crippen molar-refractivity contribution in [2.24, 2.45) is 0 Å². The van der Waals surface area contributed by atoms with E-state index in [0.29, 0.717) is 11.7 Å². The van der Waals surface area contributed by atoms with Crippen LogP contribution in [0.2, 0.25) is 0 Å². The summed E-state index contributed by atoms with van der Waals surface area (Å²) in [5.41, 5.74) is 2.55. The molecule has 1 N–H and O–H groups in total. The lowest BCUT2D eigenvalue weighted by Gasteiger charge is -2.11. The zero-order valence-corrected chi connectivity index (χ0v) is 14.2. The van der Waals surface area contributed by atoms with E-state index >= 15 is 0 Å². The van der Waals surface area contributed by atoms with Gasteiger partial charge in [0.25, 0.3) is 0 Å². The molecule has 0 bridgehead atoms. The van der Waals surface area contributed by atoms with Crippen molar-refractivity contribution in [2.75, 3.05) is 32.5 Å². The van der Waals surface area contributed by atoms with E-state index in [4.69, 9.17) is 4.52 Å². The van der Waals surface area contributed by atoms with E-state index < -0.39 is 0 Å². The maximum Gasteiger partial charge on any atom is 0.223 e. The van der Waals surface area contributed by atoms with Crippen molar-refractivity contribution in [1.82, 2.24) is 20.0 Å². The van der Waals surface area contributed by atoms with Gasteiger partial charge in [0.15, 0.2) is 5.76 Å². The maximum absolute atomic E-state index is 5.39. The topological polar surface area (TPSA) is 67.1 Å². The Kier molecular flexibility index (Phi) is 4.68. The Morgan fingerprint density at radius 1 is 1.35 bits per heavy atom. The van der Waals surface area contributed by atoms with Gasteiger partial charge < -0.3 is 14.7 Å². The minimum Gasteiger partial charge on any atom is -0.356 e. The van der Waals surface area contributed by atoms with E-state index in [0.717, 1.165) is 34.9 Å². The van der Waals surface area contributed by atoms with Crippen LogP contribution in [0.4, 0.5) is 5.95 Å². The zero-order chi connectivity index (χ0) is 16.2. The van der Waals surface area contributed by atoms with Crippen LogP contribution in [-0.4, -0.2) is 47.2 Å². The number of aromatic nitrogens is 3. The van der Waals surface area contributed by atoms with Crippen molar-refractivity contribution in [3.05, 3.63) is 35.5 Å². The fraction of sp³-hybridized carbons (Fsp3) is 0.312. The molecule has 3 aromatic heterocycles. The summed E-state index contributed by atoms with van der Waals surface area (Å²) in [5.74, 6) is 1.31. The van der Waals surface area contributed by atoms with Gasteiger partial charge in [0.2, 0.25) is 5.95 Å². The van der Waals surface area contributed by atoms with Crippen LogP contribution in [0.5, 0.6) is 0 Å². The number of thiophene rings is 1. The van der Waals surface area contributed by atoms with Gasteiger partial charge in [-0.25, -0.2) is 9.97 Å². The molecule has 3 heterocycles. The highest BCUT2D eigenvalue weighted by molar-refractivity contribution is 7.13. The maximum atomic E-state index is 5.39. The normalized spacial score (nSPS) is 11.1. The first-order valence-corrected chi connectivity index (χ1v) is 8.24. The third-order valence-electron chi connectivity index (χ3n) is 3.28. The van der Waals surface area contributed by atoms with Crippen molar-refractivity contribution in [3.63, 3.8) is 0 Å². The molecule has 0 aromatic carbocycles. The third kappa shape index (κ3) is 3.75. The third-order valence-corrected chi connectivity index (χ3v) is 4.16. The number of nitrogens with zero attached hydrogens (tertiary/aromatic N) is 4. The number of hydrogen-bond acceptors (Lipinski definition) is 7. The molecular weight excluding hydrogens is 310 g/mol. The Hall–Kier alpha value is -2.25. The van der Waals surface area contributed by atoms with Crippen LogP contribution in [0.1, 0.15) is 5.69 Å². The van der Waals surface area contributed by atoms with Gasteiger partial charge in [-0.3, -0.25) is 0 Å². The Morgan fingerprint density at radius 3 is 2.87 bits per heavy atom. The first-order valence-electron chi connectivity index (χ1n) is 7.36. The van der Waals surface area contributed by atoms with Crippen LogP contribution >= 0.6 is 11.3 Å². The highest BCUT2D eigenvalue weighted by Crippen LogP contribution is 2.33. The Bertz CT molecular complexity index is 767. The zero-order valence-electron chi connectivity index (χ0n) is 13.4. The van der Waals surface area contributed by atoms with Crippen molar-refractivity contribution in [1.29, 1.82) is 0 Å². The molecule has 0 aliphatic carbocycles. The largest absolute Gasteiger partial charge is 0.356 e. The van der Waals surface area contributed by atoms with Gasteiger partial charge in [-0.1, -0.05) is 11.2 Å². The monoisotopic (exact) mass is 329 g/mol. The fourth-order valence-electron chi connectivity index (χ4n) is 2.13. The second kappa shape index (κ2) is 6.89. The highest BCUT2D eigenvalue weighted by atomic mass is 32.1. The van der Waals surface area contributed by atoms with Crippen LogP contribution in [0.15, 0.2) is 34.3 Å². The minimum atomic E-state index is 0.621. The molecule has 7 heteroatoms. The van der Waals surface area contributed by atoms with E-state index in [2.05, 4.69) is 25.3 Å². The summed E-state index contributed by atoms with van der Waals surface area (Å²) in [6.45, 7) is 3.61. The smallest absolute Gasteiger partial charge is 0.223 e. The lowest BCUT2D eigenvalue weighted by atomic mass is 10.1. The second-order valence-electron chi connectivity index (χ2n) is 5.50. The molecular formula is C16H19N5OS. The van der Waals surface area contributed by atoms with Crippen molar-refractivity contribution < 1.29 is 4.52 Å². The molecule has 0 fully saturated rings. The first-order chi connectivity index (χ1) is 11.1. The summed E-state index contributed by atoms with van der Waals surface area (Å²) in [6, 6.07) is 5.95. The molecule has 0 unspecified atom stereocenters. The Morgan fingerprint density at radius 2 is 2.22 bits per heavy atom. The highest BCUT2D eigenvalue weighted by Gasteiger charge is 2.15. The molecule has 0 radical (unpaired) electrons. The van der Waals surface area contributed by atoms with E-state index in [-0.39, 0.29) is 0 Å². The summed E-state index contributed by atoms with van der Waals surface area (Å²) < 4.78 is 5.39. The molecule has 120 valence electrons. The summed E-state index contributed by atoms with van der Waals surface area (Å²) in [5, 5.41) is 9.25. The average molecular weight is 329 g/mol. The molecule has 0 aliphatic heterocycles. The van der Waals surface area contributed by atoms with E-state index in [9.17, 15) is 0 Å². The SMILES string of the molecule is Cc1cc(-c2cnc(NCCN(C)C)nc2-c2cccs2)on1. The van der Waals surface area contributed by atoms with Gasteiger partial charge in [0.1, 0.15) is 0 Å². The Balaban J connectivity index is 1.93. The number of likely N-dealkylation sites (N-methyl/N-ethyl adjacent to an activating group) is 1. The fourth-order valence-corrected chi connectivity index (χ4v) is 2.86. The quantitative estimate of drug-likeness (QED) is 0.749. The van der Waals surface area contributed by atoms with Gasteiger partial charge >= 0.3 is 0 Å². The average Bonchev–Trinajstić information content (AvgIpc) is 3.18.